The van der Waals surface area contributed by atoms with E-state index >= 15 is 0 Å². The number of ketones is 1. The molecule has 2 atom stereocenters. The van der Waals surface area contributed by atoms with Crippen molar-refractivity contribution in [3.8, 4) is 0 Å². The second-order valence-corrected chi connectivity index (χ2v) is 7.20. The molecule has 1 saturated carbocycles. The zero-order chi connectivity index (χ0) is 10.3. The molecule has 15 heavy (non-hydrogen) atoms. The molecule has 3 rings (SSSR count). The van der Waals surface area contributed by atoms with Crippen LogP contribution in [0.4, 0.5) is 0 Å². The Morgan fingerprint density at radius 1 is 1.07 bits per heavy atom. The minimum atomic E-state index is 0.446. The molecule has 0 amide bonds. The quantitative estimate of drug-likeness (QED) is 0.730. The molecule has 0 aromatic heterocycles. The highest BCUT2D eigenvalue weighted by atomic mass is 32.2. The Morgan fingerprint density at radius 2 is 1.73 bits per heavy atom. The van der Waals surface area contributed by atoms with Gasteiger partial charge in [-0.15, -0.1) is 0 Å². The molecule has 2 saturated heterocycles. The fourth-order valence-corrected chi connectivity index (χ4v) is 4.93. The highest BCUT2D eigenvalue weighted by molar-refractivity contribution is 8.00. The normalized spacial score (nSPS) is 40.1. The van der Waals surface area contributed by atoms with Gasteiger partial charge in [-0.05, 0) is 44.4 Å². The summed E-state index contributed by atoms with van der Waals surface area (Å²) < 4.78 is 0. The third kappa shape index (κ3) is 2.41. The van der Waals surface area contributed by atoms with Gasteiger partial charge in [-0.1, -0.05) is 6.42 Å². The van der Waals surface area contributed by atoms with E-state index in [1.54, 1.807) is 0 Å². The molecule has 2 bridgehead atoms. The molecule has 2 heteroatoms. The number of Topliss-reactive ketones (excluding diaryl/α,β-unsaturated/α-hetero) is 1. The van der Waals surface area contributed by atoms with Crippen molar-refractivity contribution < 1.29 is 4.79 Å². The molecule has 0 radical (unpaired) electrons. The van der Waals surface area contributed by atoms with Crippen LogP contribution in [0.2, 0.25) is 0 Å². The number of carbonyl (C=O) groups excluding carboxylic acids is 1. The van der Waals surface area contributed by atoms with Gasteiger partial charge in [-0.2, -0.15) is 11.8 Å². The van der Waals surface area contributed by atoms with Crippen molar-refractivity contribution in [2.75, 3.05) is 0 Å². The van der Waals surface area contributed by atoms with Gasteiger partial charge in [0.25, 0.3) is 0 Å². The smallest absolute Gasteiger partial charge is 0.136 e. The molecular formula is C13H20OS. The summed E-state index contributed by atoms with van der Waals surface area (Å²) in [6, 6.07) is 0. The second-order valence-electron chi connectivity index (χ2n) is 5.59. The van der Waals surface area contributed by atoms with Crippen LogP contribution in [0, 0.1) is 11.8 Å². The molecule has 3 aliphatic rings. The maximum absolute atomic E-state index is 12.1. The summed E-state index contributed by atoms with van der Waals surface area (Å²) in [5.41, 5.74) is 0. The van der Waals surface area contributed by atoms with Crippen molar-refractivity contribution in [3.63, 3.8) is 0 Å². The predicted molar refractivity (Wildman–Crippen MR) is 64.1 cm³/mol. The Hall–Kier alpha value is 0.0200. The Kier molecular flexibility index (Phi) is 2.80. The van der Waals surface area contributed by atoms with Crippen molar-refractivity contribution in [1.29, 1.82) is 0 Å². The highest BCUT2D eigenvalue weighted by Gasteiger charge is 2.37. The van der Waals surface area contributed by atoms with Crippen molar-refractivity contribution in [2.24, 2.45) is 11.8 Å². The monoisotopic (exact) mass is 224 g/mol. The molecule has 2 unspecified atom stereocenters. The van der Waals surface area contributed by atoms with Crippen LogP contribution in [0.15, 0.2) is 0 Å². The maximum Gasteiger partial charge on any atom is 0.136 e. The van der Waals surface area contributed by atoms with E-state index in [-0.39, 0.29) is 0 Å². The first kappa shape index (κ1) is 10.2. The van der Waals surface area contributed by atoms with E-state index < -0.39 is 0 Å². The summed E-state index contributed by atoms with van der Waals surface area (Å²) in [6.45, 7) is 0. The molecule has 84 valence electrons. The first-order valence-electron chi connectivity index (χ1n) is 6.49. The zero-order valence-corrected chi connectivity index (χ0v) is 10.1. The van der Waals surface area contributed by atoms with Crippen LogP contribution in [0.25, 0.3) is 0 Å². The molecule has 1 nitrogen and oxygen atoms in total. The third-order valence-corrected chi connectivity index (χ3v) is 5.80. The predicted octanol–water partition coefficient (Wildman–Crippen LogP) is 3.42. The number of hydrogen-bond acceptors (Lipinski definition) is 2. The van der Waals surface area contributed by atoms with Gasteiger partial charge in [0.2, 0.25) is 0 Å². The summed E-state index contributed by atoms with van der Waals surface area (Å²) in [7, 11) is 0. The van der Waals surface area contributed by atoms with Crippen molar-refractivity contribution in [2.45, 2.75) is 61.9 Å². The van der Waals surface area contributed by atoms with Gasteiger partial charge in [0, 0.05) is 22.8 Å². The lowest BCUT2D eigenvalue weighted by Crippen LogP contribution is -2.32. The molecule has 0 aromatic rings. The van der Waals surface area contributed by atoms with Crippen LogP contribution in [-0.2, 0) is 4.79 Å². The first-order chi connectivity index (χ1) is 7.31. The molecule has 3 fully saturated rings. The summed E-state index contributed by atoms with van der Waals surface area (Å²) in [5, 5.41) is 1.65. The van der Waals surface area contributed by atoms with E-state index in [1.807, 2.05) is 0 Å². The standard InChI is InChI=1S/C13H20OS/c14-13(6-9-4-5-9)10-7-11-2-1-3-12(8-10)15-11/h9-12H,1-8H2. The van der Waals surface area contributed by atoms with E-state index in [9.17, 15) is 4.79 Å². The summed E-state index contributed by atoms with van der Waals surface area (Å²) in [6.07, 6.45) is 10.1. The van der Waals surface area contributed by atoms with Crippen molar-refractivity contribution >= 4 is 17.5 Å². The fraction of sp³-hybridized carbons (Fsp3) is 0.923. The van der Waals surface area contributed by atoms with Gasteiger partial charge < -0.3 is 0 Å². The maximum atomic E-state index is 12.1. The average molecular weight is 224 g/mol. The van der Waals surface area contributed by atoms with E-state index in [0.29, 0.717) is 11.7 Å². The van der Waals surface area contributed by atoms with E-state index in [2.05, 4.69) is 11.8 Å². The van der Waals surface area contributed by atoms with Crippen LogP contribution in [-0.4, -0.2) is 16.3 Å². The van der Waals surface area contributed by atoms with Crippen LogP contribution in [0.1, 0.15) is 51.4 Å². The Bertz CT molecular complexity index is 247. The van der Waals surface area contributed by atoms with Crippen molar-refractivity contribution in [1.82, 2.24) is 0 Å². The van der Waals surface area contributed by atoms with Gasteiger partial charge in [0.1, 0.15) is 5.78 Å². The lowest BCUT2D eigenvalue weighted by atomic mass is 9.85. The summed E-state index contributed by atoms with van der Waals surface area (Å²) in [4.78, 5) is 12.1. The van der Waals surface area contributed by atoms with E-state index in [1.165, 1.54) is 44.9 Å². The van der Waals surface area contributed by atoms with Crippen molar-refractivity contribution in [3.05, 3.63) is 0 Å². The summed E-state index contributed by atoms with van der Waals surface area (Å²) in [5.74, 6) is 1.84. The van der Waals surface area contributed by atoms with Crippen LogP contribution in [0.5, 0.6) is 0 Å². The second kappa shape index (κ2) is 4.12. The Balaban J connectivity index is 1.58. The Morgan fingerprint density at radius 3 is 2.33 bits per heavy atom. The van der Waals surface area contributed by atoms with Gasteiger partial charge in [-0.25, -0.2) is 0 Å². The van der Waals surface area contributed by atoms with Gasteiger partial charge in [0.15, 0.2) is 0 Å². The number of hydrogen-bond donors (Lipinski definition) is 0. The topological polar surface area (TPSA) is 17.1 Å². The molecule has 0 aromatic carbocycles. The fourth-order valence-electron chi connectivity index (χ4n) is 3.10. The SMILES string of the molecule is O=C(CC1CC1)C1CC2CCCC(C1)S2. The molecule has 1 aliphatic carbocycles. The number of fused-ring (bicyclic) bond motifs is 2. The van der Waals surface area contributed by atoms with E-state index in [0.717, 1.165) is 22.8 Å². The van der Waals surface area contributed by atoms with Gasteiger partial charge in [0.05, 0.1) is 0 Å². The molecule has 2 heterocycles. The minimum Gasteiger partial charge on any atom is -0.299 e. The first-order valence-corrected chi connectivity index (χ1v) is 7.43. The highest BCUT2D eigenvalue weighted by Crippen LogP contribution is 2.45. The molecule has 0 N–H and O–H groups in total. The van der Waals surface area contributed by atoms with Crippen LogP contribution < -0.4 is 0 Å². The van der Waals surface area contributed by atoms with Crippen LogP contribution in [0.3, 0.4) is 0 Å². The lowest BCUT2D eigenvalue weighted by molar-refractivity contribution is -0.123. The lowest BCUT2D eigenvalue weighted by Gasteiger charge is -2.38. The largest absolute Gasteiger partial charge is 0.299 e. The number of thioether (sulfide) groups is 1. The molecule has 2 aliphatic heterocycles. The average Bonchev–Trinajstić information content (AvgIpc) is 3.01. The third-order valence-electron chi connectivity index (χ3n) is 4.17. The zero-order valence-electron chi connectivity index (χ0n) is 9.28. The minimum absolute atomic E-state index is 0.446. The van der Waals surface area contributed by atoms with Gasteiger partial charge >= 0.3 is 0 Å². The molecular weight excluding hydrogens is 204 g/mol. The Labute approximate surface area is 96.4 Å². The summed E-state index contributed by atoms with van der Waals surface area (Å²) >= 11 is 2.18. The van der Waals surface area contributed by atoms with E-state index in [4.69, 9.17) is 0 Å². The van der Waals surface area contributed by atoms with Crippen LogP contribution >= 0.6 is 11.8 Å². The molecule has 0 spiro atoms. The number of rotatable bonds is 3. The van der Waals surface area contributed by atoms with Gasteiger partial charge in [-0.3, -0.25) is 4.79 Å². The number of carbonyl (C=O) groups is 1.